The summed E-state index contributed by atoms with van der Waals surface area (Å²) in [5, 5.41) is 9.92. The van der Waals surface area contributed by atoms with Gasteiger partial charge in [-0.3, -0.25) is 4.79 Å². The highest BCUT2D eigenvalue weighted by molar-refractivity contribution is 5.70. The van der Waals surface area contributed by atoms with Crippen LogP contribution in [0, 0.1) is 6.92 Å². The van der Waals surface area contributed by atoms with Gasteiger partial charge in [-0.1, -0.05) is 6.07 Å². The molecule has 0 bridgehead atoms. The number of esters is 1. The number of benzene rings is 1. The average Bonchev–Trinajstić information content (AvgIpc) is 2.28. The zero-order valence-electron chi connectivity index (χ0n) is 10.4. The highest BCUT2D eigenvalue weighted by Crippen LogP contribution is 2.24. The van der Waals surface area contributed by atoms with Crippen LogP contribution in [-0.2, 0) is 9.53 Å². The molecule has 0 radical (unpaired) electrons. The van der Waals surface area contributed by atoms with E-state index in [1.807, 2.05) is 13.0 Å². The zero-order valence-corrected chi connectivity index (χ0v) is 10.4. The van der Waals surface area contributed by atoms with Crippen molar-refractivity contribution >= 4 is 5.97 Å². The largest absolute Gasteiger partial charge is 0.497 e. The van der Waals surface area contributed by atoms with Crippen molar-refractivity contribution in [3.63, 3.8) is 0 Å². The summed E-state index contributed by atoms with van der Waals surface area (Å²) >= 11 is 0. The van der Waals surface area contributed by atoms with Gasteiger partial charge in [-0.25, -0.2) is 0 Å². The molecule has 1 atom stereocenters. The van der Waals surface area contributed by atoms with E-state index in [2.05, 4.69) is 0 Å². The molecule has 0 aromatic heterocycles. The topological polar surface area (TPSA) is 55.8 Å². The maximum atomic E-state index is 11.3. The fourth-order valence-electron chi connectivity index (χ4n) is 1.64. The monoisotopic (exact) mass is 238 g/mol. The number of hydrogen-bond donors (Lipinski definition) is 1. The zero-order chi connectivity index (χ0) is 12.8. The van der Waals surface area contributed by atoms with E-state index in [-0.39, 0.29) is 6.42 Å². The Morgan fingerprint density at radius 1 is 1.47 bits per heavy atom. The second kappa shape index (κ2) is 6.25. The van der Waals surface area contributed by atoms with Gasteiger partial charge in [-0.15, -0.1) is 0 Å². The van der Waals surface area contributed by atoms with Crippen LogP contribution >= 0.6 is 0 Å². The molecule has 0 spiro atoms. The predicted molar refractivity (Wildman–Crippen MR) is 63.9 cm³/mol. The maximum absolute atomic E-state index is 11.3. The molecule has 1 aromatic carbocycles. The number of methoxy groups -OCH3 is 1. The van der Waals surface area contributed by atoms with Crippen LogP contribution in [0.15, 0.2) is 18.2 Å². The normalized spacial score (nSPS) is 12.0. The van der Waals surface area contributed by atoms with Crippen LogP contribution in [0.1, 0.15) is 30.6 Å². The Morgan fingerprint density at radius 3 is 2.71 bits per heavy atom. The number of aliphatic hydroxyl groups is 1. The Kier molecular flexibility index (Phi) is 4.97. The number of carbonyl (C=O) groups excluding carboxylic acids is 1. The summed E-state index contributed by atoms with van der Waals surface area (Å²) in [6.07, 6.45) is -0.860. The predicted octanol–water partition coefficient (Wildman–Crippen LogP) is 1.99. The summed E-state index contributed by atoms with van der Waals surface area (Å²) in [4.78, 5) is 11.3. The lowest BCUT2D eigenvalue weighted by Gasteiger charge is -2.13. The van der Waals surface area contributed by atoms with Crippen LogP contribution < -0.4 is 4.74 Å². The van der Waals surface area contributed by atoms with Crippen molar-refractivity contribution < 1.29 is 19.4 Å². The van der Waals surface area contributed by atoms with Crippen molar-refractivity contribution in [2.24, 2.45) is 0 Å². The van der Waals surface area contributed by atoms with Gasteiger partial charge in [0.1, 0.15) is 5.75 Å². The number of ether oxygens (including phenoxy) is 2. The Balaban J connectivity index is 2.75. The van der Waals surface area contributed by atoms with Gasteiger partial charge < -0.3 is 14.6 Å². The van der Waals surface area contributed by atoms with Gasteiger partial charge in [0, 0.05) is 0 Å². The molecule has 17 heavy (non-hydrogen) atoms. The van der Waals surface area contributed by atoms with E-state index in [4.69, 9.17) is 9.47 Å². The first-order valence-corrected chi connectivity index (χ1v) is 5.56. The molecule has 1 aromatic rings. The van der Waals surface area contributed by atoms with Gasteiger partial charge in [-0.05, 0) is 37.1 Å². The number of aryl methyl sites for hydroxylation is 1. The molecule has 1 rings (SSSR count). The van der Waals surface area contributed by atoms with Gasteiger partial charge in [-0.2, -0.15) is 0 Å². The first-order chi connectivity index (χ1) is 8.08. The Morgan fingerprint density at radius 2 is 2.18 bits per heavy atom. The van der Waals surface area contributed by atoms with Crippen molar-refractivity contribution in [3.8, 4) is 5.75 Å². The summed E-state index contributed by atoms with van der Waals surface area (Å²) in [7, 11) is 1.59. The van der Waals surface area contributed by atoms with Crippen molar-refractivity contribution in [2.75, 3.05) is 13.7 Å². The first-order valence-electron chi connectivity index (χ1n) is 5.56. The number of rotatable bonds is 5. The van der Waals surface area contributed by atoms with Gasteiger partial charge in [0.2, 0.25) is 0 Å². The van der Waals surface area contributed by atoms with Gasteiger partial charge >= 0.3 is 5.97 Å². The van der Waals surface area contributed by atoms with Crippen LogP contribution in [0.5, 0.6) is 5.75 Å². The molecule has 0 amide bonds. The summed E-state index contributed by atoms with van der Waals surface area (Å²) in [5.74, 6) is 0.338. The van der Waals surface area contributed by atoms with Crippen LogP contribution in [0.3, 0.4) is 0 Å². The molecule has 4 heteroatoms. The lowest BCUT2D eigenvalue weighted by Crippen LogP contribution is -2.11. The Labute approximate surface area is 101 Å². The van der Waals surface area contributed by atoms with Crippen molar-refractivity contribution in [2.45, 2.75) is 26.4 Å². The smallest absolute Gasteiger partial charge is 0.308 e. The minimum Gasteiger partial charge on any atom is -0.497 e. The standard InChI is InChI=1S/C13H18O4/c1-4-17-13(15)8-12(14)11-6-5-10(16-3)7-9(11)2/h5-7,12,14H,4,8H2,1-3H3. The van der Waals surface area contributed by atoms with Crippen molar-refractivity contribution in [3.05, 3.63) is 29.3 Å². The van der Waals surface area contributed by atoms with E-state index in [0.717, 1.165) is 16.9 Å². The average molecular weight is 238 g/mol. The second-order valence-electron chi connectivity index (χ2n) is 3.75. The first kappa shape index (κ1) is 13.5. The molecule has 1 N–H and O–H groups in total. The van der Waals surface area contributed by atoms with Crippen molar-refractivity contribution in [1.82, 2.24) is 0 Å². The molecular formula is C13H18O4. The molecule has 4 nitrogen and oxygen atoms in total. The van der Waals surface area contributed by atoms with Crippen molar-refractivity contribution in [1.29, 1.82) is 0 Å². The molecular weight excluding hydrogens is 220 g/mol. The van der Waals surface area contributed by atoms with E-state index < -0.39 is 12.1 Å². The molecule has 1 unspecified atom stereocenters. The highest BCUT2D eigenvalue weighted by Gasteiger charge is 2.15. The van der Waals surface area contributed by atoms with Gasteiger partial charge in [0.05, 0.1) is 26.2 Å². The summed E-state index contributed by atoms with van der Waals surface area (Å²) in [6.45, 7) is 3.93. The molecule has 0 aliphatic carbocycles. The molecule has 0 saturated heterocycles. The van der Waals surface area contributed by atoms with Crippen LogP contribution in [0.4, 0.5) is 0 Å². The van der Waals surface area contributed by atoms with E-state index in [1.54, 1.807) is 26.2 Å². The quantitative estimate of drug-likeness (QED) is 0.797. The highest BCUT2D eigenvalue weighted by atomic mass is 16.5. The fraction of sp³-hybridized carbons (Fsp3) is 0.462. The molecule has 0 saturated carbocycles. The fourth-order valence-corrected chi connectivity index (χ4v) is 1.64. The molecule has 0 aliphatic heterocycles. The van der Waals surface area contributed by atoms with E-state index in [9.17, 15) is 9.90 Å². The maximum Gasteiger partial charge on any atom is 0.308 e. The second-order valence-corrected chi connectivity index (χ2v) is 3.75. The Bertz CT molecular complexity index is 387. The third-order valence-corrected chi connectivity index (χ3v) is 2.50. The molecule has 94 valence electrons. The Hall–Kier alpha value is -1.55. The third kappa shape index (κ3) is 3.75. The third-order valence-electron chi connectivity index (χ3n) is 2.50. The lowest BCUT2D eigenvalue weighted by molar-refractivity contribution is -0.145. The van der Waals surface area contributed by atoms with Crippen LogP contribution in [-0.4, -0.2) is 24.8 Å². The minimum absolute atomic E-state index is 0.0268. The van der Waals surface area contributed by atoms with E-state index in [1.165, 1.54) is 0 Å². The van der Waals surface area contributed by atoms with Gasteiger partial charge in [0.15, 0.2) is 0 Å². The van der Waals surface area contributed by atoms with Crippen LogP contribution in [0.25, 0.3) is 0 Å². The summed E-state index contributed by atoms with van der Waals surface area (Å²) in [5.41, 5.74) is 1.61. The number of aliphatic hydroxyl groups excluding tert-OH is 1. The molecule has 0 aliphatic rings. The molecule has 0 heterocycles. The molecule has 0 fully saturated rings. The van der Waals surface area contributed by atoms with E-state index >= 15 is 0 Å². The van der Waals surface area contributed by atoms with Crippen LogP contribution in [0.2, 0.25) is 0 Å². The minimum atomic E-state index is -0.833. The van der Waals surface area contributed by atoms with E-state index in [0.29, 0.717) is 6.61 Å². The lowest BCUT2D eigenvalue weighted by atomic mass is 10.0. The number of carbonyl (C=O) groups is 1. The SMILES string of the molecule is CCOC(=O)CC(O)c1ccc(OC)cc1C. The van der Waals surface area contributed by atoms with Gasteiger partial charge in [0.25, 0.3) is 0 Å². The summed E-state index contributed by atoms with van der Waals surface area (Å²) < 4.78 is 9.87. The summed E-state index contributed by atoms with van der Waals surface area (Å²) in [6, 6.07) is 5.35. The number of hydrogen-bond acceptors (Lipinski definition) is 4.